The number of nitrogens with two attached hydrogens (primary N) is 1. The molecule has 0 aliphatic carbocycles. The fourth-order valence-electron chi connectivity index (χ4n) is 2.08. The molecule has 1 saturated heterocycles. The molecule has 2 rings (SSSR count). The van der Waals surface area contributed by atoms with Crippen molar-refractivity contribution in [3.05, 3.63) is 21.6 Å². The minimum absolute atomic E-state index is 0.0508. The molecular weight excluding hydrogens is 368 g/mol. The molecule has 1 fully saturated rings. The number of benzene rings is 1. The topological polar surface area (TPSA) is 81.4 Å². The number of hydrogen-bond acceptors (Lipinski definition) is 4. The standard InChI is InChI=1S/C12H16BrClN2O3S/c13-12-10(15)6-8(14)7-11(12)20(17,18)16-4-3-9-2-1-5-19-9/h6-7,9,16H,1-5,15H2. The summed E-state index contributed by atoms with van der Waals surface area (Å²) in [5, 5.41) is 0.283. The van der Waals surface area contributed by atoms with Gasteiger partial charge in [0, 0.05) is 23.9 Å². The second-order valence-electron chi connectivity index (χ2n) is 4.63. The van der Waals surface area contributed by atoms with E-state index >= 15 is 0 Å². The quantitative estimate of drug-likeness (QED) is 0.766. The highest BCUT2D eigenvalue weighted by Gasteiger charge is 2.21. The van der Waals surface area contributed by atoms with E-state index in [4.69, 9.17) is 22.1 Å². The Bertz CT molecular complexity index is 589. The van der Waals surface area contributed by atoms with Gasteiger partial charge in [0.25, 0.3) is 0 Å². The van der Waals surface area contributed by atoms with E-state index in [0.29, 0.717) is 17.4 Å². The van der Waals surface area contributed by atoms with Gasteiger partial charge in [0.15, 0.2) is 0 Å². The molecule has 1 heterocycles. The van der Waals surface area contributed by atoms with Crippen molar-refractivity contribution in [2.24, 2.45) is 0 Å². The summed E-state index contributed by atoms with van der Waals surface area (Å²) in [7, 11) is -3.64. The van der Waals surface area contributed by atoms with Gasteiger partial charge in [0.05, 0.1) is 15.5 Å². The van der Waals surface area contributed by atoms with Crippen LogP contribution in [0.1, 0.15) is 19.3 Å². The fourth-order valence-corrected chi connectivity index (χ4v) is 4.42. The molecule has 0 radical (unpaired) electrons. The molecule has 1 unspecified atom stereocenters. The van der Waals surface area contributed by atoms with E-state index in [9.17, 15) is 8.42 Å². The van der Waals surface area contributed by atoms with Crippen LogP contribution in [-0.4, -0.2) is 27.7 Å². The third-order valence-corrected chi connectivity index (χ3v) is 5.95. The number of anilines is 1. The van der Waals surface area contributed by atoms with Gasteiger partial charge < -0.3 is 10.5 Å². The predicted octanol–water partition coefficient (Wildman–Crippen LogP) is 2.53. The largest absolute Gasteiger partial charge is 0.398 e. The molecule has 1 aromatic carbocycles. The number of nitrogens with one attached hydrogen (secondary N) is 1. The Morgan fingerprint density at radius 3 is 2.90 bits per heavy atom. The van der Waals surface area contributed by atoms with Crippen LogP contribution in [0.4, 0.5) is 5.69 Å². The van der Waals surface area contributed by atoms with Gasteiger partial charge in [-0.25, -0.2) is 13.1 Å². The number of rotatable bonds is 5. The molecule has 0 aromatic heterocycles. The van der Waals surface area contributed by atoms with Crippen molar-refractivity contribution in [3.8, 4) is 0 Å². The van der Waals surface area contributed by atoms with Crippen LogP contribution >= 0.6 is 27.5 Å². The molecule has 1 aliphatic heterocycles. The lowest BCUT2D eigenvalue weighted by Crippen LogP contribution is -2.27. The van der Waals surface area contributed by atoms with Crippen LogP contribution in [0.3, 0.4) is 0 Å². The molecule has 0 saturated carbocycles. The lowest BCUT2D eigenvalue weighted by molar-refractivity contribution is 0.105. The van der Waals surface area contributed by atoms with Crippen LogP contribution in [-0.2, 0) is 14.8 Å². The van der Waals surface area contributed by atoms with Crippen molar-refractivity contribution in [1.82, 2.24) is 4.72 Å². The van der Waals surface area contributed by atoms with Crippen LogP contribution in [0.5, 0.6) is 0 Å². The second kappa shape index (κ2) is 6.62. The highest BCUT2D eigenvalue weighted by Crippen LogP contribution is 2.31. The fraction of sp³-hybridized carbons (Fsp3) is 0.500. The summed E-state index contributed by atoms with van der Waals surface area (Å²) in [5.74, 6) is 0. The molecular formula is C12H16BrClN2O3S. The maximum Gasteiger partial charge on any atom is 0.241 e. The Balaban J connectivity index is 2.06. The number of ether oxygens (including phenoxy) is 1. The summed E-state index contributed by atoms with van der Waals surface area (Å²) in [4.78, 5) is 0.0508. The smallest absolute Gasteiger partial charge is 0.241 e. The maximum atomic E-state index is 12.2. The molecule has 1 aliphatic rings. The summed E-state index contributed by atoms with van der Waals surface area (Å²) >= 11 is 9.03. The van der Waals surface area contributed by atoms with Gasteiger partial charge in [-0.1, -0.05) is 11.6 Å². The minimum Gasteiger partial charge on any atom is -0.398 e. The van der Waals surface area contributed by atoms with E-state index in [0.717, 1.165) is 19.4 Å². The average Bonchev–Trinajstić information content (AvgIpc) is 2.86. The SMILES string of the molecule is Nc1cc(Cl)cc(S(=O)(=O)NCCC2CCCO2)c1Br. The van der Waals surface area contributed by atoms with E-state index < -0.39 is 10.0 Å². The average molecular weight is 384 g/mol. The van der Waals surface area contributed by atoms with Crippen LogP contribution in [0, 0.1) is 0 Å². The van der Waals surface area contributed by atoms with Crippen molar-refractivity contribution < 1.29 is 13.2 Å². The zero-order valence-corrected chi connectivity index (χ0v) is 13.9. The molecule has 3 N–H and O–H groups in total. The minimum atomic E-state index is -3.64. The first-order valence-corrected chi connectivity index (χ1v) is 8.91. The first kappa shape index (κ1) is 16.0. The van der Waals surface area contributed by atoms with E-state index in [-0.39, 0.29) is 21.7 Å². The van der Waals surface area contributed by atoms with Crippen LogP contribution in [0.25, 0.3) is 0 Å². The molecule has 112 valence electrons. The Morgan fingerprint density at radius 2 is 2.25 bits per heavy atom. The van der Waals surface area contributed by atoms with Gasteiger partial charge in [-0.05, 0) is 47.3 Å². The molecule has 8 heteroatoms. The van der Waals surface area contributed by atoms with Crippen LogP contribution < -0.4 is 10.5 Å². The highest BCUT2D eigenvalue weighted by molar-refractivity contribution is 9.10. The maximum absolute atomic E-state index is 12.2. The monoisotopic (exact) mass is 382 g/mol. The number of hydrogen-bond donors (Lipinski definition) is 2. The van der Waals surface area contributed by atoms with Crippen molar-refractivity contribution >= 4 is 43.2 Å². The third kappa shape index (κ3) is 3.85. The molecule has 20 heavy (non-hydrogen) atoms. The van der Waals surface area contributed by atoms with Gasteiger partial charge >= 0.3 is 0 Å². The van der Waals surface area contributed by atoms with E-state index in [1.807, 2.05) is 0 Å². The first-order chi connectivity index (χ1) is 9.40. The third-order valence-electron chi connectivity index (χ3n) is 3.10. The van der Waals surface area contributed by atoms with Gasteiger partial charge in [0.2, 0.25) is 10.0 Å². The van der Waals surface area contributed by atoms with Crippen molar-refractivity contribution in [1.29, 1.82) is 0 Å². The summed E-state index contributed by atoms with van der Waals surface area (Å²) in [6.45, 7) is 1.08. The number of halogens is 2. The van der Waals surface area contributed by atoms with Gasteiger partial charge in [-0.3, -0.25) is 0 Å². The Hall–Kier alpha value is -0.340. The van der Waals surface area contributed by atoms with E-state index in [1.54, 1.807) is 0 Å². The van der Waals surface area contributed by atoms with Gasteiger partial charge in [-0.2, -0.15) is 0 Å². The molecule has 5 nitrogen and oxygen atoms in total. The summed E-state index contributed by atoms with van der Waals surface area (Å²) < 4.78 is 32.8. The number of sulfonamides is 1. The molecule has 1 aromatic rings. The highest BCUT2D eigenvalue weighted by atomic mass is 79.9. The van der Waals surface area contributed by atoms with E-state index in [2.05, 4.69) is 20.7 Å². The summed E-state index contributed by atoms with van der Waals surface area (Å²) in [6, 6.07) is 2.87. The van der Waals surface area contributed by atoms with Gasteiger partial charge in [-0.15, -0.1) is 0 Å². The first-order valence-electron chi connectivity index (χ1n) is 6.26. The van der Waals surface area contributed by atoms with Crippen LogP contribution in [0.15, 0.2) is 21.5 Å². The Kier molecular flexibility index (Phi) is 5.30. The predicted molar refractivity (Wildman–Crippen MR) is 82.3 cm³/mol. The number of nitrogen functional groups attached to an aromatic ring is 1. The van der Waals surface area contributed by atoms with Gasteiger partial charge in [0.1, 0.15) is 0 Å². The molecule has 0 spiro atoms. The van der Waals surface area contributed by atoms with Crippen LogP contribution in [0.2, 0.25) is 5.02 Å². The zero-order valence-electron chi connectivity index (χ0n) is 10.7. The molecule has 0 bridgehead atoms. The summed E-state index contributed by atoms with van der Waals surface area (Å²) in [6.07, 6.45) is 2.82. The lowest BCUT2D eigenvalue weighted by Gasteiger charge is -2.12. The van der Waals surface area contributed by atoms with Crippen molar-refractivity contribution in [3.63, 3.8) is 0 Å². The molecule has 1 atom stereocenters. The second-order valence-corrected chi connectivity index (χ2v) is 7.59. The van der Waals surface area contributed by atoms with Crippen molar-refractivity contribution in [2.45, 2.75) is 30.3 Å². The zero-order chi connectivity index (χ0) is 14.8. The summed E-state index contributed by atoms with van der Waals surface area (Å²) in [5.41, 5.74) is 5.99. The Labute approximate surface area is 132 Å². The normalized spacial score (nSPS) is 19.4. The molecule has 0 amide bonds. The van der Waals surface area contributed by atoms with Crippen molar-refractivity contribution in [2.75, 3.05) is 18.9 Å². The Morgan fingerprint density at radius 1 is 1.50 bits per heavy atom. The van der Waals surface area contributed by atoms with E-state index in [1.165, 1.54) is 12.1 Å². The lowest BCUT2D eigenvalue weighted by atomic mass is 10.2.